The number of cyclic esters (lactones) is 1. The zero-order chi connectivity index (χ0) is 45.4. The van der Waals surface area contributed by atoms with E-state index in [1.807, 2.05) is 51.2 Å². The number of pyridine rings is 1. The van der Waals surface area contributed by atoms with E-state index >= 15 is 4.79 Å². The van der Waals surface area contributed by atoms with Crippen LogP contribution in [-0.2, 0) is 47.5 Å². The van der Waals surface area contributed by atoms with Crippen LogP contribution < -0.4 is 5.32 Å². The molecule has 0 amide bonds. The number of hydrogen-bond donors (Lipinski definition) is 2. The molecular formula is C50H73N3O11. The van der Waals surface area contributed by atoms with Gasteiger partial charge >= 0.3 is 5.97 Å². The molecule has 5 fully saturated rings. The number of hydrogen-bond acceptors (Lipinski definition) is 14. The van der Waals surface area contributed by atoms with Crippen molar-refractivity contribution in [1.29, 1.82) is 0 Å². The van der Waals surface area contributed by atoms with Crippen molar-refractivity contribution >= 4 is 28.3 Å². The third kappa shape index (κ3) is 9.55. The number of nitrogens with zero attached hydrogens (tertiary/aromatic N) is 2. The highest BCUT2D eigenvalue weighted by molar-refractivity contribution is 5.99. The SMILES string of the molecule is CC[C@H]1CCC[C@H](O[C@H]2CC[C@H](N(C)C)C(C)O2)[C@@H](C)C(=O)C2=C[C@H]3[C@@H]4C[C@H](O[C@@H]5OC(C)[C@H](OC)C(OC)[C@@H]5OC)C[C@H]4[C@H](Nc4cnc5ccccc5c4)[C@@H](O)[C@H]3[C@@H]2CC(=O)O1. The molecule has 19 atom stereocenters. The Labute approximate surface area is 379 Å². The van der Waals surface area contributed by atoms with E-state index in [2.05, 4.69) is 43.4 Å². The number of allylic oxidation sites excluding steroid dienone is 2. The summed E-state index contributed by atoms with van der Waals surface area (Å²) >= 11 is 0. The maximum Gasteiger partial charge on any atom is 0.306 e. The van der Waals surface area contributed by atoms with E-state index in [4.69, 9.17) is 42.9 Å². The van der Waals surface area contributed by atoms with Gasteiger partial charge in [-0.05, 0) is 115 Å². The lowest BCUT2D eigenvalue weighted by Gasteiger charge is -2.47. The van der Waals surface area contributed by atoms with E-state index in [1.165, 1.54) is 0 Å². The minimum atomic E-state index is -0.923. The van der Waals surface area contributed by atoms with Crippen molar-refractivity contribution in [3.8, 4) is 0 Å². The van der Waals surface area contributed by atoms with Gasteiger partial charge in [-0.2, -0.15) is 0 Å². The van der Waals surface area contributed by atoms with Crippen LogP contribution in [0.5, 0.6) is 0 Å². The summed E-state index contributed by atoms with van der Waals surface area (Å²) in [5.74, 6) is -2.12. The number of fused-ring (bicyclic) bond motifs is 6. The summed E-state index contributed by atoms with van der Waals surface area (Å²) in [4.78, 5) is 36.1. The Hall–Kier alpha value is -3.05. The minimum absolute atomic E-state index is 0.00304. The molecule has 0 spiro atoms. The van der Waals surface area contributed by atoms with Crippen molar-refractivity contribution in [1.82, 2.24) is 9.88 Å². The Balaban J connectivity index is 1.12. The molecule has 3 saturated heterocycles. The number of Topliss-reactive ketones (excluding diaryl/α,β-unsaturated/α-hetero) is 1. The summed E-state index contributed by atoms with van der Waals surface area (Å²) in [5.41, 5.74) is 2.26. The Bertz CT molecular complexity index is 1950. The molecule has 64 heavy (non-hydrogen) atoms. The number of rotatable bonds is 11. The van der Waals surface area contributed by atoms with E-state index < -0.39 is 60.8 Å². The zero-order valence-corrected chi connectivity index (χ0v) is 39.3. The first-order chi connectivity index (χ1) is 30.8. The van der Waals surface area contributed by atoms with E-state index in [-0.39, 0.29) is 66.4 Å². The highest BCUT2D eigenvalue weighted by atomic mass is 16.7. The van der Waals surface area contributed by atoms with E-state index in [0.29, 0.717) is 43.7 Å². The Morgan fingerprint density at radius 2 is 1.64 bits per heavy atom. The van der Waals surface area contributed by atoms with Gasteiger partial charge in [0.15, 0.2) is 18.4 Å². The number of anilines is 1. The lowest BCUT2D eigenvalue weighted by molar-refractivity contribution is -0.314. The van der Waals surface area contributed by atoms with Crippen molar-refractivity contribution in [2.24, 2.45) is 35.5 Å². The van der Waals surface area contributed by atoms with Crippen LogP contribution in [0.15, 0.2) is 48.2 Å². The van der Waals surface area contributed by atoms with Crippen molar-refractivity contribution in [2.45, 2.75) is 165 Å². The maximum atomic E-state index is 15.2. The van der Waals surface area contributed by atoms with Crippen LogP contribution in [0.4, 0.5) is 5.69 Å². The fourth-order valence-corrected chi connectivity index (χ4v) is 12.6. The molecule has 3 aliphatic heterocycles. The number of carbonyl (C=O) groups is 2. The topological polar surface area (TPSA) is 156 Å². The predicted molar refractivity (Wildman–Crippen MR) is 240 cm³/mol. The summed E-state index contributed by atoms with van der Waals surface area (Å²) in [6, 6.07) is 9.88. The molecule has 6 aliphatic rings. The number of aliphatic hydroxyl groups is 1. The molecule has 3 unspecified atom stereocenters. The average molecular weight is 892 g/mol. The van der Waals surface area contributed by atoms with Gasteiger partial charge in [-0.1, -0.05) is 38.1 Å². The third-order valence-corrected chi connectivity index (χ3v) is 15.8. The maximum absolute atomic E-state index is 15.2. The second kappa shape index (κ2) is 20.4. The van der Waals surface area contributed by atoms with Crippen LogP contribution in [0.25, 0.3) is 10.9 Å². The summed E-state index contributed by atoms with van der Waals surface area (Å²) in [6.07, 6.45) is 5.03. The van der Waals surface area contributed by atoms with Crippen molar-refractivity contribution in [3.63, 3.8) is 0 Å². The van der Waals surface area contributed by atoms with Gasteiger partial charge in [0, 0.05) is 50.5 Å². The number of ketones is 1. The minimum Gasteiger partial charge on any atom is -0.462 e. The summed E-state index contributed by atoms with van der Waals surface area (Å²) in [6.45, 7) is 8.05. The summed E-state index contributed by atoms with van der Waals surface area (Å²) in [5, 5.41) is 17.6. The van der Waals surface area contributed by atoms with Crippen LogP contribution in [0.2, 0.25) is 0 Å². The largest absolute Gasteiger partial charge is 0.462 e. The first-order valence-electron chi connectivity index (χ1n) is 23.9. The van der Waals surface area contributed by atoms with E-state index in [9.17, 15) is 9.90 Å². The number of para-hydroxylation sites is 1. The summed E-state index contributed by atoms with van der Waals surface area (Å²) < 4.78 is 50.4. The molecule has 354 valence electrons. The number of methoxy groups -OCH3 is 3. The Morgan fingerprint density at radius 3 is 2.36 bits per heavy atom. The fourth-order valence-electron chi connectivity index (χ4n) is 12.6. The van der Waals surface area contributed by atoms with Gasteiger partial charge in [0.25, 0.3) is 0 Å². The molecule has 0 radical (unpaired) electrons. The lowest BCUT2D eigenvalue weighted by Crippen LogP contribution is -2.59. The van der Waals surface area contributed by atoms with E-state index in [1.54, 1.807) is 21.3 Å². The first-order valence-corrected chi connectivity index (χ1v) is 23.9. The van der Waals surface area contributed by atoms with Gasteiger partial charge in [0.1, 0.15) is 24.4 Å². The van der Waals surface area contributed by atoms with E-state index in [0.717, 1.165) is 35.9 Å². The Morgan fingerprint density at radius 1 is 0.891 bits per heavy atom. The van der Waals surface area contributed by atoms with Gasteiger partial charge in [0.05, 0.1) is 60.4 Å². The van der Waals surface area contributed by atoms with Crippen LogP contribution in [-0.4, -0.2) is 142 Å². The molecule has 1 aromatic carbocycles. The smallest absolute Gasteiger partial charge is 0.306 e. The molecule has 4 heterocycles. The molecule has 0 bridgehead atoms. The predicted octanol–water partition coefficient (Wildman–Crippen LogP) is 6.32. The molecule has 2 aromatic rings. The monoisotopic (exact) mass is 892 g/mol. The van der Waals surface area contributed by atoms with Crippen LogP contribution in [0, 0.1) is 35.5 Å². The van der Waals surface area contributed by atoms with Gasteiger partial charge in [-0.15, -0.1) is 0 Å². The quantitative estimate of drug-likeness (QED) is 0.242. The third-order valence-electron chi connectivity index (χ3n) is 15.8. The average Bonchev–Trinajstić information content (AvgIpc) is 3.87. The zero-order valence-electron chi connectivity index (χ0n) is 39.3. The molecule has 14 heteroatoms. The number of carbonyl (C=O) groups excluding carboxylic acids is 2. The molecular weight excluding hydrogens is 819 g/mol. The molecule has 2 saturated carbocycles. The van der Waals surface area contributed by atoms with Gasteiger partial charge in [0.2, 0.25) is 0 Å². The Kier molecular flexibility index (Phi) is 15.2. The standard InChI is InChI=1S/C50H73N3O11/c1-10-31-15-13-17-40(64-42-19-18-39(53(5)6)27(3)60-42)26(2)45(55)37-23-34-33-21-32(63-50-49(59-9)48(58-8)47(57-7)28(4)61-50)22-36(33)44(46(56)43(34)35(37)24-41(54)62-31)52-30-20-29-14-11-12-16-38(29)51-25-30/h11-12,14,16,20,23,25-28,31-36,39-40,42-44,46-50,52,56H,10,13,15,17-19,21-22,24H2,1-9H3/t26-,27?,28?,31+,32+,33+,34+,35-,36-,39+,40+,42+,43-,44+,46+,47+,48?,49+,50+/m1/s1. The second-order valence-corrected chi connectivity index (χ2v) is 19.7. The van der Waals surface area contributed by atoms with Crippen molar-refractivity contribution < 1.29 is 52.6 Å². The number of ether oxygens (including phenoxy) is 8. The molecule has 2 N–H and O–H groups in total. The number of likely N-dealkylation sites (N-methyl/N-ethyl adjacent to an activating group) is 1. The van der Waals surface area contributed by atoms with Crippen LogP contribution in [0.1, 0.15) is 85.5 Å². The van der Waals surface area contributed by atoms with Gasteiger partial charge in [-0.25, -0.2) is 0 Å². The normalized spacial score (nSPS) is 41.9. The highest BCUT2D eigenvalue weighted by Crippen LogP contribution is 2.57. The van der Waals surface area contributed by atoms with Gasteiger partial charge in [-0.3, -0.25) is 14.6 Å². The lowest BCUT2D eigenvalue weighted by atomic mass is 9.62. The highest BCUT2D eigenvalue weighted by Gasteiger charge is 2.60. The number of nitrogens with one attached hydrogen (secondary N) is 1. The van der Waals surface area contributed by atoms with Crippen molar-refractivity contribution in [2.75, 3.05) is 40.7 Å². The summed E-state index contributed by atoms with van der Waals surface area (Å²) in [7, 11) is 9.07. The molecule has 8 rings (SSSR count). The molecule has 3 aliphatic carbocycles. The molecule has 14 nitrogen and oxygen atoms in total. The van der Waals surface area contributed by atoms with Crippen molar-refractivity contribution in [3.05, 3.63) is 48.2 Å². The van der Waals surface area contributed by atoms with Crippen LogP contribution in [0.3, 0.4) is 0 Å². The molecule has 1 aromatic heterocycles. The number of esters is 1. The first kappa shape index (κ1) is 47.4. The number of aromatic nitrogens is 1. The number of aliphatic hydroxyl groups excluding tert-OH is 1. The second-order valence-electron chi connectivity index (χ2n) is 19.7. The fraction of sp³-hybridized carbons (Fsp3) is 0.740. The van der Waals surface area contributed by atoms with Crippen LogP contribution >= 0.6 is 0 Å². The van der Waals surface area contributed by atoms with Gasteiger partial charge < -0.3 is 53.2 Å². The number of benzene rings is 1.